The highest BCUT2D eigenvalue weighted by Crippen LogP contribution is 2.40. The maximum absolute atomic E-state index is 13.3. The number of carbonyl (C=O) groups is 4. The number of nitrogens with one attached hydrogen (secondary N) is 3. The first-order chi connectivity index (χ1) is 23.2. The van der Waals surface area contributed by atoms with Gasteiger partial charge in [0.05, 0.1) is 0 Å². The molecule has 18 heteroatoms. The normalized spacial score (nSPS) is 19.1. The van der Waals surface area contributed by atoms with Crippen molar-refractivity contribution >= 4 is 63.9 Å². The molecule has 1 saturated heterocycles. The maximum atomic E-state index is 13.3. The van der Waals surface area contributed by atoms with Crippen LogP contribution < -0.4 is 27.4 Å². The Labute approximate surface area is 292 Å². The predicted molar refractivity (Wildman–Crippen MR) is 189 cm³/mol. The van der Waals surface area contributed by atoms with E-state index in [9.17, 15) is 29.4 Å². The van der Waals surface area contributed by atoms with E-state index in [1.807, 2.05) is 36.2 Å². The molecule has 2 atom stereocenters. The minimum Gasteiger partial charge on any atom is -0.478 e. The number of carboxylic acid groups (broad SMARTS) is 2. The lowest BCUT2D eigenvalue weighted by Gasteiger charge is -2.49. The van der Waals surface area contributed by atoms with Gasteiger partial charge < -0.3 is 42.5 Å². The van der Waals surface area contributed by atoms with Crippen LogP contribution in [0.15, 0.2) is 57.6 Å². The second-order valence-corrected chi connectivity index (χ2v) is 13.5. The third-order valence-electron chi connectivity index (χ3n) is 7.14. The van der Waals surface area contributed by atoms with Crippen molar-refractivity contribution in [2.24, 2.45) is 10.9 Å². The number of anilines is 1. The van der Waals surface area contributed by atoms with Crippen LogP contribution in [-0.4, -0.2) is 110 Å². The fourth-order valence-electron chi connectivity index (χ4n) is 4.41. The highest BCUT2D eigenvalue weighted by Gasteiger charge is 2.54. The van der Waals surface area contributed by atoms with E-state index in [0.29, 0.717) is 24.4 Å². The van der Waals surface area contributed by atoms with Crippen molar-refractivity contribution in [3.05, 3.63) is 58.2 Å². The number of fused-ring (bicyclic) bond motifs is 1. The highest BCUT2D eigenvalue weighted by atomic mass is 32.2. The summed E-state index contributed by atoms with van der Waals surface area (Å²) < 4.78 is 1.93. The molecule has 2 aliphatic rings. The second-order valence-electron chi connectivity index (χ2n) is 11.5. The molecule has 0 bridgehead atoms. The molecule has 0 aromatic carbocycles. The molecule has 0 radical (unpaired) electrons. The summed E-state index contributed by atoms with van der Waals surface area (Å²) in [5, 5.41) is 33.1. The first kappa shape index (κ1) is 38.8. The van der Waals surface area contributed by atoms with E-state index in [1.165, 1.54) is 31.0 Å². The standard InChI is InChI=1S/C31H43N9O7S2/c1-6-7-8-13-39(15-20(18(2)32)35-12-11-34-5)14-9-10-19-16-48-27-23(26(42)40(27)24(19)28(43)44)37-25(41)22(21-17-49-30(33)36-21)38-47-31(3,4)29(45)46/h8-10,13,15,17,23,27,32,34-35H,6-7,11-12,14,16H2,1-5H3,(H5,33,36,37,41,43,44,45,46)/p+1/b10-9+,13-8+,38-22-/t23-,27?/m1/s1. The van der Waals surface area contributed by atoms with Crippen LogP contribution in [0.25, 0.3) is 0 Å². The van der Waals surface area contributed by atoms with Crippen LogP contribution in [0.2, 0.25) is 0 Å². The Balaban J connectivity index is 1.82. The number of nitrogens with zero attached hydrogens (tertiary/aromatic N) is 4. The number of aromatic nitrogens is 1. The van der Waals surface area contributed by atoms with Gasteiger partial charge in [0.1, 0.15) is 28.5 Å². The van der Waals surface area contributed by atoms with Gasteiger partial charge in [-0.2, -0.15) is 4.58 Å². The van der Waals surface area contributed by atoms with Crippen molar-refractivity contribution in [1.82, 2.24) is 25.8 Å². The van der Waals surface area contributed by atoms with Gasteiger partial charge in [0.2, 0.25) is 5.60 Å². The number of hydrogen-bond acceptors (Lipinski definition) is 13. The van der Waals surface area contributed by atoms with Crippen LogP contribution >= 0.6 is 23.1 Å². The lowest BCUT2D eigenvalue weighted by molar-refractivity contribution is -0.440. The molecule has 16 nitrogen and oxygen atoms in total. The first-order valence-corrected chi connectivity index (χ1v) is 17.4. The van der Waals surface area contributed by atoms with E-state index in [4.69, 9.17) is 16.3 Å². The average Bonchev–Trinajstić information content (AvgIpc) is 3.47. The summed E-state index contributed by atoms with van der Waals surface area (Å²) in [5.74, 6) is -3.84. The molecule has 1 aromatic rings. The number of nitrogen functional groups attached to an aromatic ring is 1. The van der Waals surface area contributed by atoms with Crippen molar-refractivity contribution in [2.45, 2.75) is 57.6 Å². The highest BCUT2D eigenvalue weighted by molar-refractivity contribution is 8.00. The number of β-lactam (4-membered cyclic amide) rings is 1. The Hall–Kier alpha value is -4.68. The van der Waals surface area contributed by atoms with E-state index in [1.54, 1.807) is 13.0 Å². The molecule has 9 N–H and O–H groups in total. The topological polar surface area (TPSA) is 238 Å². The fourth-order valence-corrected chi connectivity index (χ4v) is 6.27. The molecule has 3 heterocycles. The van der Waals surface area contributed by atoms with Gasteiger partial charge in [-0.25, -0.2) is 14.6 Å². The smallest absolute Gasteiger partial charge is 0.352 e. The summed E-state index contributed by atoms with van der Waals surface area (Å²) in [4.78, 5) is 60.9. The maximum Gasteiger partial charge on any atom is 0.352 e. The lowest BCUT2D eigenvalue weighted by Crippen LogP contribution is -2.71. The molecule has 3 rings (SSSR count). The van der Waals surface area contributed by atoms with E-state index in [2.05, 4.69) is 33.0 Å². The number of carbonyl (C=O) groups excluding carboxylic acids is 2. The van der Waals surface area contributed by atoms with Crippen LogP contribution in [0.5, 0.6) is 0 Å². The number of amides is 2. The zero-order valence-corrected chi connectivity index (χ0v) is 29.7. The van der Waals surface area contributed by atoms with Gasteiger partial charge in [0, 0.05) is 29.9 Å². The van der Waals surface area contributed by atoms with E-state index in [0.717, 1.165) is 41.3 Å². The Morgan fingerprint density at radius 2 is 2.00 bits per heavy atom. The molecular weight excluding hydrogens is 675 g/mol. The quantitative estimate of drug-likeness (QED) is 0.0369. The van der Waals surface area contributed by atoms with E-state index >= 15 is 0 Å². The minimum absolute atomic E-state index is 0.0217. The van der Waals surface area contributed by atoms with Gasteiger partial charge in [0.15, 0.2) is 29.8 Å². The van der Waals surface area contributed by atoms with Gasteiger partial charge >= 0.3 is 11.9 Å². The molecule has 49 heavy (non-hydrogen) atoms. The predicted octanol–water partition coefficient (Wildman–Crippen LogP) is 1.00. The zero-order valence-electron chi connectivity index (χ0n) is 28.1. The van der Waals surface area contributed by atoms with Crippen molar-refractivity contribution in [3.63, 3.8) is 0 Å². The fraction of sp³-hybridized carbons (Fsp3) is 0.452. The Bertz CT molecular complexity index is 1610. The third kappa shape index (κ3) is 10.2. The molecule has 2 aliphatic heterocycles. The summed E-state index contributed by atoms with van der Waals surface area (Å²) >= 11 is 2.32. The summed E-state index contributed by atoms with van der Waals surface area (Å²) in [6.45, 7) is 8.19. The second kappa shape index (κ2) is 17.6. The van der Waals surface area contributed by atoms with Crippen LogP contribution in [0, 0.1) is 0 Å². The number of hydrogen-bond donors (Lipinski definition) is 7. The number of unbranched alkanes of at least 4 members (excludes halogenated alkanes) is 1. The van der Waals surface area contributed by atoms with Crippen molar-refractivity contribution < 1.29 is 38.8 Å². The van der Waals surface area contributed by atoms with Gasteiger partial charge in [-0.15, -0.1) is 23.1 Å². The number of rotatable bonds is 18. The summed E-state index contributed by atoms with van der Waals surface area (Å²) in [6, 6.07) is -1.08. The van der Waals surface area contributed by atoms with Crippen molar-refractivity contribution in [3.8, 4) is 0 Å². The van der Waals surface area contributed by atoms with Crippen molar-refractivity contribution in [2.75, 3.05) is 38.2 Å². The van der Waals surface area contributed by atoms with E-state index in [-0.39, 0.29) is 28.0 Å². The van der Waals surface area contributed by atoms with Crippen LogP contribution in [-0.2, 0) is 24.0 Å². The third-order valence-corrected chi connectivity index (χ3v) is 9.12. The number of thiazole rings is 1. The molecule has 1 fully saturated rings. The van der Waals surface area contributed by atoms with Crippen LogP contribution in [0.3, 0.4) is 0 Å². The van der Waals surface area contributed by atoms with Gasteiger partial charge in [-0.3, -0.25) is 14.5 Å². The molecule has 0 spiro atoms. The number of oxime groups is 1. The van der Waals surface area contributed by atoms with E-state index < -0.39 is 40.8 Å². The minimum atomic E-state index is -1.77. The number of carboxylic acids is 2. The van der Waals surface area contributed by atoms with Gasteiger partial charge in [0.25, 0.3) is 11.8 Å². The number of likely N-dealkylation sites (N-methyl/N-ethyl adjacent to an activating group) is 1. The monoisotopic (exact) mass is 718 g/mol. The lowest BCUT2D eigenvalue weighted by atomic mass is 10.0. The Morgan fingerprint density at radius 3 is 2.59 bits per heavy atom. The summed E-state index contributed by atoms with van der Waals surface area (Å²) in [5.41, 5.74) is 11.3. The summed E-state index contributed by atoms with van der Waals surface area (Å²) in [7, 11) is 1.86. The molecule has 0 saturated carbocycles. The van der Waals surface area contributed by atoms with Crippen LogP contribution in [0.1, 0.15) is 46.2 Å². The van der Waals surface area contributed by atoms with Crippen molar-refractivity contribution in [1.29, 1.82) is 0 Å². The molecule has 1 aromatic heterocycles. The Kier molecular flexibility index (Phi) is 14.0. The Morgan fingerprint density at radius 1 is 1.27 bits per heavy atom. The number of allylic oxidation sites excluding steroid dienone is 4. The zero-order chi connectivity index (χ0) is 36.3. The molecule has 2 amide bonds. The number of thioether (sulfide) groups is 1. The first-order valence-electron chi connectivity index (χ1n) is 15.4. The molecule has 0 aliphatic carbocycles. The molecule has 1 unspecified atom stereocenters. The number of nitrogens with two attached hydrogens (primary N) is 2. The molecule has 266 valence electrons. The summed E-state index contributed by atoms with van der Waals surface area (Å²) in [6.07, 6.45) is 11.2. The largest absolute Gasteiger partial charge is 0.478 e. The van der Waals surface area contributed by atoms with Gasteiger partial charge in [-0.05, 0) is 52.0 Å². The molecular formula is C31H44N9O7S2+. The number of aliphatic carboxylic acids is 2. The van der Waals surface area contributed by atoms with Gasteiger partial charge in [-0.1, -0.05) is 24.6 Å². The SMILES string of the molecule is CCC/C=C/[N+](=C\C(NCCNC)=C(/C)N)C/C=C/C1=C(C(=O)O)N2C(=O)[C@@H](NC(=O)/C(=N\OC(C)(C)C(=O)O)c3csc(N)n3)C2SC1. The van der Waals surface area contributed by atoms with Crippen LogP contribution in [0.4, 0.5) is 5.13 Å². The average molecular weight is 719 g/mol.